The summed E-state index contributed by atoms with van der Waals surface area (Å²) in [6.07, 6.45) is 3.10. The molecule has 1 aliphatic rings. The third kappa shape index (κ3) is 3.82. The molecule has 0 bridgehead atoms. The van der Waals surface area contributed by atoms with Crippen LogP contribution in [0.3, 0.4) is 0 Å². The van der Waals surface area contributed by atoms with Gasteiger partial charge in [-0.15, -0.1) is 0 Å². The van der Waals surface area contributed by atoms with Gasteiger partial charge in [-0.05, 0) is 31.2 Å². The summed E-state index contributed by atoms with van der Waals surface area (Å²) in [5, 5.41) is 0. The molecule has 0 saturated carbocycles. The highest BCUT2D eigenvalue weighted by atomic mass is 16.2. The van der Waals surface area contributed by atoms with Gasteiger partial charge in [0.15, 0.2) is 0 Å². The summed E-state index contributed by atoms with van der Waals surface area (Å²) in [5.74, 6) is -0.768. The maximum absolute atomic E-state index is 12.7. The molecule has 5 nitrogen and oxygen atoms in total. The number of benzene rings is 1. The summed E-state index contributed by atoms with van der Waals surface area (Å²) < 4.78 is 0. The van der Waals surface area contributed by atoms with Gasteiger partial charge in [0.2, 0.25) is 11.8 Å². The topological polar surface area (TPSA) is 89.4 Å². The van der Waals surface area contributed by atoms with Gasteiger partial charge in [-0.25, -0.2) is 0 Å². The molecule has 2 amide bonds. The van der Waals surface area contributed by atoms with Crippen LogP contribution in [0.4, 0.5) is 0 Å². The van der Waals surface area contributed by atoms with Gasteiger partial charge in [-0.2, -0.15) is 0 Å². The number of nitrogens with zero attached hydrogens (tertiary/aromatic N) is 1. The zero-order chi connectivity index (χ0) is 15.2. The number of hydrogen-bond acceptors (Lipinski definition) is 3. The van der Waals surface area contributed by atoms with E-state index < -0.39 is 11.9 Å². The predicted molar refractivity (Wildman–Crippen MR) is 81.2 cm³/mol. The predicted octanol–water partition coefficient (Wildman–Crippen LogP) is 0.670. The first-order chi connectivity index (χ1) is 10.1. The van der Waals surface area contributed by atoms with Gasteiger partial charge in [0.25, 0.3) is 0 Å². The van der Waals surface area contributed by atoms with Gasteiger partial charge in [-0.3, -0.25) is 9.59 Å². The Morgan fingerprint density at radius 3 is 2.57 bits per heavy atom. The quantitative estimate of drug-likeness (QED) is 0.835. The molecule has 1 saturated heterocycles. The van der Waals surface area contributed by atoms with E-state index in [4.69, 9.17) is 11.5 Å². The molecule has 4 N–H and O–H groups in total. The number of nitrogens with two attached hydrogens (primary N) is 2. The molecule has 1 fully saturated rings. The van der Waals surface area contributed by atoms with E-state index in [1.54, 1.807) is 4.90 Å². The monoisotopic (exact) mass is 289 g/mol. The Morgan fingerprint density at radius 2 is 1.95 bits per heavy atom. The van der Waals surface area contributed by atoms with Crippen molar-refractivity contribution in [2.45, 2.75) is 31.7 Å². The molecular formula is C16H23N3O2. The normalized spacial score (nSPS) is 20.0. The van der Waals surface area contributed by atoms with Crippen LogP contribution in [-0.2, 0) is 16.0 Å². The first kappa shape index (κ1) is 15.5. The summed E-state index contributed by atoms with van der Waals surface area (Å²) in [4.78, 5) is 25.9. The summed E-state index contributed by atoms with van der Waals surface area (Å²) in [7, 11) is 0. The minimum atomic E-state index is -0.476. The lowest BCUT2D eigenvalue weighted by Gasteiger charge is -2.36. The lowest BCUT2D eigenvalue weighted by Crippen LogP contribution is -2.53. The fourth-order valence-electron chi connectivity index (χ4n) is 2.90. The Balaban J connectivity index is 2.09. The zero-order valence-electron chi connectivity index (χ0n) is 12.2. The van der Waals surface area contributed by atoms with Crippen molar-refractivity contribution in [2.24, 2.45) is 17.4 Å². The molecule has 114 valence electrons. The number of primary amides is 1. The number of rotatable bonds is 5. The molecule has 2 rings (SSSR count). The maximum atomic E-state index is 12.7. The minimum absolute atomic E-state index is 0.0511. The Labute approximate surface area is 125 Å². The van der Waals surface area contributed by atoms with Crippen LogP contribution in [0, 0.1) is 5.92 Å². The molecule has 0 radical (unpaired) electrons. The molecule has 0 aromatic heterocycles. The highest BCUT2D eigenvalue weighted by molar-refractivity contribution is 5.88. The van der Waals surface area contributed by atoms with Crippen molar-refractivity contribution >= 4 is 11.8 Å². The molecular weight excluding hydrogens is 266 g/mol. The Hall–Kier alpha value is -1.88. The molecule has 2 atom stereocenters. The highest BCUT2D eigenvalue weighted by Crippen LogP contribution is 2.20. The van der Waals surface area contributed by atoms with E-state index in [9.17, 15) is 9.59 Å². The van der Waals surface area contributed by atoms with Crippen LogP contribution < -0.4 is 11.5 Å². The largest absolute Gasteiger partial charge is 0.368 e. The lowest BCUT2D eigenvalue weighted by atomic mass is 9.94. The van der Waals surface area contributed by atoms with Crippen molar-refractivity contribution in [3.63, 3.8) is 0 Å². The van der Waals surface area contributed by atoms with Crippen molar-refractivity contribution in [1.82, 2.24) is 4.90 Å². The zero-order valence-corrected chi connectivity index (χ0v) is 12.2. The first-order valence-corrected chi connectivity index (χ1v) is 7.47. The molecule has 2 unspecified atom stereocenters. The Kier molecular flexibility index (Phi) is 5.33. The fourth-order valence-corrected chi connectivity index (χ4v) is 2.90. The summed E-state index contributed by atoms with van der Waals surface area (Å²) >= 11 is 0. The van der Waals surface area contributed by atoms with Crippen LogP contribution >= 0.6 is 0 Å². The van der Waals surface area contributed by atoms with Crippen molar-refractivity contribution in [1.29, 1.82) is 0 Å². The van der Waals surface area contributed by atoms with Gasteiger partial charge in [0, 0.05) is 13.1 Å². The molecule has 21 heavy (non-hydrogen) atoms. The van der Waals surface area contributed by atoms with Crippen LogP contribution in [0.5, 0.6) is 0 Å². The van der Waals surface area contributed by atoms with Gasteiger partial charge in [-0.1, -0.05) is 30.3 Å². The van der Waals surface area contributed by atoms with E-state index in [-0.39, 0.29) is 18.4 Å². The van der Waals surface area contributed by atoms with Crippen molar-refractivity contribution in [3.8, 4) is 0 Å². The average Bonchev–Trinajstić information content (AvgIpc) is 2.53. The van der Waals surface area contributed by atoms with E-state index in [0.717, 1.165) is 18.4 Å². The van der Waals surface area contributed by atoms with Gasteiger partial charge < -0.3 is 16.4 Å². The van der Waals surface area contributed by atoms with Gasteiger partial charge in [0.05, 0.1) is 5.92 Å². The van der Waals surface area contributed by atoms with E-state index >= 15 is 0 Å². The van der Waals surface area contributed by atoms with Crippen LogP contribution in [0.25, 0.3) is 0 Å². The van der Waals surface area contributed by atoms with E-state index in [1.165, 1.54) is 0 Å². The van der Waals surface area contributed by atoms with Gasteiger partial charge >= 0.3 is 0 Å². The maximum Gasteiger partial charge on any atom is 0.240 e. The smallest absolute Gasteiger partial charge is 0.240 e. The van der Waals surface area contributed by atoms with Crippen LogP contribution in [-0.4, -0.2) is 35.8 Å². The summed E-state index contributed by atoms with van der Waals surface area (Å²) in [5.41, 5.74) is 12.3. The standard InChI is InChI=1S/C16H23N3O2/c17-11-13(10-12-6-2-1-3-7-12)16(21)19-9-5-4-8-14(19)15(18)20/h1-3,6-7,13-14H,4-5,8-11,17H2,(H2,18,20). The second kappa shape index (κ2) is 7.22. The molecule has 1 aromatic rings. The summed E-state index contributed by atoms with van der Waals surface area (Å²) in [6, 6.07) is 9.32. The second-order valence-corrected chi connectivity index (χ2v) is 5.57. The fraction of sp³-hybridized carbons (Fsp3) is 0.500. The molecule has 1 heterocycles. The Bertz CT molecular complexity index is 490. The third-order valence-corrected chi connectivity index (χ3v) is 4.07. The third-order valence-electron chi connectivity index (χ3n) is 4.07. The minimum Gasteiger partial charge on any atom is -0.368 e. The number of carbonyl (C=O) groups excluding carboxylic acids is 2. The number of likely N-dealkylation sites (tertiary alicyclic amines) is 1. The van der Waals surface area contributed by atoms with Crippen LogP contribution in [0.15, 0.2) is 30.3 Å². The number of piperidine rings is 1. The Morgan fingerprint density at radius 1 is 1.24 bits per heavy atom. The van der Waals surface area contributed by atoms with Crippen molar-refractivity contribution < 1.29 is 9.59 Å². The molecule has 0 spiro atoms. The SMILES string of the molecule is NCC(Cc1ccccc1)C(=O)N1CCCCC1C(N)=O. The second-order valence-electron chi connectivity index (χ2n) is 5.57. The molecule has 5 heteroatoms. The van der Waals surface area contributed by atoms with Crippen molar-refractivity contribution in [2.75, 3.05) is 13.1 Å². The van der Waals surface area contributed by atoms with E-state index in [0.29, 0.717) is 19.4 Å². The van der Waals surface area contributed by atoms with Crippen LogP contribution in [0.2, 0.25) is 0 Å². The summed E-state index contributed by atoms with van der Waals surface area (Å²) in [6.45, 7) is 0.868. The average molecular weight is 289 g/mol. The molecule has 0 aliphatic carbocycles. The van der Waals surface area contributed by atoms with E-state index in [2.05, 4.69) is 0 Å². The number of carbonyl (C=O) groups is 2. The van der Waals surface area contributed by atoms with Crippen molar-refractivity contribution in [3.05, 3.63) is 35.9 Å². The lowest BCUT2D eigenvalue weighted by molar-refractivity contribution is -0.144. The molecule has 1 aliphatic heterocycles. The number of amides is 2. The number of hydrogen-bond donors (Lipinski definition) is 2. The van der Waals surface area contributed by atoms with Crippen LogP contribution in [0.1, 0.15) is 24.8 Å². The van der Waals surface area contributed by atoms with Gasteiger partial charge in [0.1, 0.15) is 6.04 Å². The highest BCUT2D eigenvalue weighted by Gasteiger charge is 2.33. The van der Waals surface area contributed by atoms with E-state index in [1.807, 2.05) is 30.3 Å². The first-order valence-electron chi connectivity index (χ1n) is 7.47. The molecule has 1 aromatic carbocycles.